The van der Waals surface area contributed by atoms with Crippen molar-refractivity contribution in [1.82, 2.24) is 19.4 Å². The Hall–Kier alpha value is -1.89. The minimum atomic E-state index is -0.284. The molecule has 3 rings (SSSR count). The number of likely N-dealkylation sites (N-methyl/N-ethyl adjacent to an activating group) is 1. The number of piperidine rings is 1. The lowest BCUT2D eigenvalue weighted by Gasteiger charge is -2.46. The van der Waals surface area contributed by atoms with E-state index in [-0.39, 0.29) is 30.1 Å². The van der Waals surface area contributed by atoms with E-state index in [9.17, 15) is 9.59 Å². The van der Waals surface area contributed by atoms with Crippen LogP contribution in [-0.4, -0.2) is 70.1 Å². The number of hydrogen-bond donors (Lipinski definition) is 0. The van der Waals surface area contributed by atoms with Crippen molar-refractivity contribution in [2.24, 2.45) is 0 Å². The first kappa shape index (κ1) is 16.0. The molecule has 0 aliphatic carbocycles. The fourth-order valence-electron chi connectivity index (χ4n) is 3.51. The molecule has 1 aromatic rings. The Balaban J connectivity index is 1.62. The summed E-state index contributed by atoms with van der Waals surface area (Å²) in [5, 5.41) is 0. The smallest absolute Gasteiger partial charge is 0.248 e. The van der Waals surface area contributed by atoms with Crippen LogP contribution in [0.1, 0.15) is 31.6 Å². The van der Waals surface area contributed by atoms with E-state index in [2.05, 4.69) is 4.98 Å². The molecule has 2 aliphatic rings. The Labute approximate surface area is 136 Å². The lowest BCUT2D eigenvalue weighted by molar-refractivity contribution is -0.171. The molecule has 2 fully saturated rings. The molecule has 7 heteroatoms. The van der Waals surface area contributed by atoms with Crippen molar-refractivity contribution < 1.29 is 14.3 Å². The number of likely N-dealkylation sites (tertiary alicyclic amines) is 1. The summed E-state index contributed by atoms with van der Waals surface area (Å²) in [6, 6.07) is -0.247. The average molecular weight is 320 g/mol. The molecule has 0 N–H and O–H groups in total. The normalized spacial score (nSPS) is 22.5. The number of hydrogen-bond acceptors (Lipinski definition) is 4. The van der Waals surface area contributed by atoms with E-state index >= 15 is 0 Å². The van der Waals surface area contributed by atoms with Crippen molar-refractivity contribution in [3.05, 3.63) is 18.2 Å². The summed E-state index contributed by atoms with van der Waals surface area (Å²) in [5.41, 5.74) is -0.284. The molecule has 7 nitrogen and oxygen atoms in total. The van der Waals surface area contributed by atoms with E-state index < -0.39 is 0 Å². The van der Waals surface area contributed by atoms with Gasteiger partial charge in [0.2, 0.25) is 11.8 Å². The quantitative estimate of drug-likeness (QED) is 0.800. The van der Waals surface area contributed by atoms with Gasteiger partial charge >= 0.3 is 0 Å². The summed E-state index contributed by atoms with van der Waals surface area (Å²) in [4.78, 5) is 32.1. The third kappa shape index (κ3) is 2.97. The highest BCUT2D eigenvalue weighted by Crippen LogP contribution is 2.31. The predicted molar refractivity (Wildman–Crippen MR) is 83.8 cm³/mol. The van der Waals surface area contributed by atoms with Gasteiger partial charge in [-0.2, -0.15) is 0 Å². The fourth-order valence-corrected chi connectivity index (χ4v) is 3.51. The molecule has 0 bridgehead atoms. The maximum absolute atomic E-state index is 12.7. The number of aromatic nitrogens is 2. The van der Waals surface area contributed by atoms with Gasteiger partial charge in [-0.15, -0.1) is 0 Å². The first-order valence-electron chi connectivity index (χ1n) is 8.08. The maximum atomic E-state index is 12.7. The molecule has 3 heterocycles. The van der Waals surface area contributed by atoms with Gasteiger partial charge in [0.05, 0.1) is 5.60 Å². The predicted octanol–water partition coefficient (Wildman–Crippen LogP) is 0.602. The molecule has 1 spiro atoms. The van der Waals surface area contributed by atoms with E-state index in [0.29, 0.717) is 19.6 Å². The topological polar surface area (TPSA) is 67.7 Å². The highest BCUT2D eigenvalue weighted by atomic mass is 16.5. The molecule has 0 aromatic carbocycles. The molecule has 0 unspecified atom stereocenters. The second-order valence-electron chi connectivity index (χ2n) is 6.60. The number of carbonyl (C=O) groups excluding carboxylic acids is 2. The van der Waals surface area contributed by atoms with Crippen LogP contribution in [0.2, 0.25) is 0 Å². The third-order valence-electron chi connectivity index (χ3n) is 5.08. The van der Waals surface area contributed by atoms with Gasteiger partial charge in [-0.1, -0.05) is 0 Å². The first-order chi connectivity index (χ1) is 10.9. The van der Waals surface area contributed by atoms with Gasteiger partial charge in [-0.25, -0.2) is 4.98 Å². The van der Waals surface area contributed by atoms with Gasteiger partial charge in [-0.3, -0.25) is 9.59 Å². The molecule has 2 saturated heterocycles. The molecular weight excluding hydrogens is 296 g/mol. The number of morpholine rings is 1. The van der Waals surface area contributed by atoms with Crippen molar-refractivity contribution >= 4 is 11.8 Å². The minimum absolute atomic E-state index is 0.0262. The van der Waals surface area contributed by atoms with Crippen LogP contribution in [0.4, 0.5) is 0 Å². The van der Waals surface area contributed by atoms with Crippen LogP contribution in [0.5, 0.6) is 0 Å². The largest absolute Gasteiger partial charge is 0.363 e. The van der Waals surface area contributed by atoms with Crippen molar-refractivity contribution in [2.45, 2.75) is 38.3 Å². The Morgan fingerprint density at radius 3 is 2.65 bits per heavy atom. The second-order valence-corrected chi connectivity index (χ2v) is 6.60. The number of amides is 2. The zero-order chi connectivity index (χ0) is 16.6. The summed E-state index contributed by atoms with van der Waals surface area (Å²) in [6.07, 6.45) is 5.10. The molecule has 0 radical (unpaired) electrons. The van der Waals surface area contributed by atoms with E-state index in [4.69, 9.17) is 4.74 Å². The summed E-state index contributed by atoms with van der Waals surface area (Å²) in [6.45, 7) is 5.90. The lowest BCUT2D eigenvalue weighted by atomic mass is 9.89. The Bertz CT molecular complexity index is 604. The van der Waals surface area contributed by atoms with Crippen LogP contribution < -0.4 is 0 Å². The molecular formula is C16H24N4O3. The number of ether oxygens (including phenoxy) is 1. The number of aryl methyl sites for hydroxylation is 1. The standard InChI is InChI=1S/C16H24N4O3/c1-12(20-9-6-17-13(20)2)15(22)19-7-4-16(5-8-19)11-18(3)14(21)10-23-16/h6,9,12H,4-5,7-8,10-11H2,1-3H3/t12-/m1/s1. The van der Waals surface area contributed by atoms with Gasteiger partial charge in [0.15, 0.2) is 0 Å². The molecule has 126 valence electrons. The second kappa shape index (κ2) is 5.96. The van der Waals surface area contributed by atoms with Gasteiger partial charge in [0, 0.05) is 39.1 Å². The molecule has 0 saturated carbocycles. The number of carbonyl (C=O) groups is 2. The number of imidazole rings is 1. The van der Waals surface area contributed by atoms with E-state index in [1.54, 1.807) is 11.1 Å². The third-order valence-corrected chi connectivity index (χ3v) is 5.08. The molecule has 1 atom stereocenters. The Kier molecular flexibility index (Phi) is 4.14. The van der Waals surface area contributed by atoms with Crippen LogP contribution in [0.3, 0.4) is 0 Å². The Morgan fingerprint density at radius 2 is 2.09 bits per heavy atom. The summed E-state index contributed by atoms with van der Waals surface area (Å²) in [5.74, 6) is 0.981. The average Bonchev–Trinajstić information content (AvgIpc) is 2.97. The van der Waals surface area contributed by atoms with Gasteiger partial charge in [0.1, 0.15) is 18.5 Å². The van der Waals surface area contributed by atoms with Crippen LogP contribution in [0, 0.1) is 6.92 Å². The van der Waals surface area contributed by atoms with Crippen LogP contribution in [0.15, 0.2) is 12.4 Å². The van der Waals surface area contributed by atoms with Crippen molar-refractivity contribution in [3.8, 4) is 0 Å². The van der Waals surface area contributed by atoms with Crippen molar-refractivity contribution in [2.75, 3.05) is 33.3 Å². The summed E-state index contributed by atoms with van der Waals surface area (Å²) < 4.78 is 7.72. The zero-order valence-electron chi connectivity index (χ0n) is 14.0. The van der Waals surface area contributed by atoms with Crippen LogP contribution >= 0.6 is 0 Å². The van der Waals surface area contributed by atoms with E-state index in [1.807, 2.05) is 36.6 Å². The minimum Gasteiger partial charge on any atom is -0.363 e. The molecule has 2 amide bonds. The summed E-state index contributed by atoms with van der Waals surface area (Å²) >= 11 is 0. The zero-order valence-corrected chi connectivity index (χ0v) is 14.0. The van der Waals surface area contributed by atoms with E-state index in [1.165, 1.54) is 0 Å². The van der Waals surface area contributed by atoms with Crippen molar-refractivity contribution in [1.29, 1.82) is 0 Å². The van der Waals surface area contributed by atoms with E-state index in [0.717, 1.165) is 18.7 Å². The van der Waals surface area contributed by atoms with Crippen LogP contribution in [-0.2, 0) is 14.3 Å². The van der Waals surface area contributed by atoms with Gasteiger partial charge < -0.3 is 19.1 Å². The first-order valence-corrected chi connectivity index (χ1v) is 8.08. The number of nitrogens with zero attached hydrogens (tertiary/aromatic N) is 4. The maximum Gasteiger partial charge on any atom is 0.248 e. The fraction of sp³-hybridized carbons (Fsp3) is 0.688. The monoisotopic (exact) mass is 320 g/mol. The Morgan fingerprint density at radius 1 is 1.39 bits per heavy atom. The van der Waals surface area contributed by atoms with Gasteiger partial charge in [0.25, 0.3) is 0 Å². The van der Waals surface area contributed by atoms with Gasteiger partial charge in [-0.05, 0) is 26.7 Å². The SMILES string of the molecule is Cc1nccn1[C@H](C)C(=O)N1CCC2(CC1)CN(C)C(=O)CO2. The molecule has 1 aromatic heterocycles. The highest BCUT2D eigenvalue weighted by molar-refractivity contribution is 5.80. The molecule has 2 aliphatic heterocycles. The highest BCUT2D eigenvalue weighted by Gasteiger charge is 2.42. The molecule has 23 heavy (non-hydrogen) atoms. The summed E-state index contributed by atoms with van der Waals surface area (Å²) in [7, 11) is 1.81. The van der Waals surface area contributed by atoms with Crippen LogP contribution in [0.25, 0.3) is 0 Å². The lowest BCUT2D eigenvalue weighted by Crippen LogP contribution is -2.58. The van der Waals surface area contributed by atoms with Crippen molar-refractivity contribution in [3.63, 3.8) is 0 Å². The number of rotatable bonds is 2.